The van der Waals surface area contributed by atoms with Gasteiger partial charge in [-0.15, -0.1) is 0 Å². The SMILES string of the molecule is CNC(=O)COC(=O)c1cccc(S(=O)(=O)N2CCCC2)c1. The third-order valence-electron chi connectivity index (χ3n) is 3.39. The summed E-state index contributed by atoms with van der Waals surface area (Å²) in [6, 6.07) is 5.66. The predicted molar refractivity (Wildman–Crippen MR) is 78.8 cm³/mol. The number of benzene rings is 1. The second kappa shape index (κ2) is 6.89. The average Bonchev–Trinajstić information content (AvgIpc) is 3.07. The third-order valence-corrected chi connectivity index (χ3v) is 5.28. The van der Waals surface area contributed by atoms with E-state index in [2.05, 4.69) is 5.32 Å². The van der Waals surface area contributed by atoms with Crippen LogP contribution >= 0.6 is 0 Å². The first-order chi connectivity index (χ1) is 10.4. The maximum absolute atomic E-state index is 12.4. The molecule has 1 aliphatic rings. The van der Waals surface area contributed by atoms with E-state index >= 15 is 0 Å². The van der Waals surface area contributed by atoms with E-state index in [4.69, 9.17) is 4.74 Å². The highest BCUT2D eigenvalue weighted by atomic mass is 32.2. The van der Waals surface area contributed by atoms with Gasteiger partial charge < -0.3 is 10.1 Å². The number of rotatable bonds is 5. The number of amides is 1. The summed E-state index contributed by atoms with van der Waals surface area (Å²) >= 11 is 0. The molecule has 0 spiro atoms. The van der Waals surface area contributed by atoms with Crippen LogP contribution in [0.1, 0.15) is 23.2 Å². The van der Waals surface area contributed by atoms with Crippen LogP contribution in [0, 0.1) is 0 Å². The molecule has 0 unspecified atom stereocenters. The Labute approximate surface area is 129 Å². The maximum atomic E-state index is 12.4. The van der Waals surface area contributed by atoms with Crippen LogP contribution in [-0.4, -0.2) is 51.3 Å². The molecule has 7 nitrogen and oxygen atoms in total. The summed E-state index contributed by atoms with van der Waals surface area (Å²) in [6.45, 7) is 0.583. The smallest absolute Gasteiger partial charge is 0.338 e. The molecule has 1 aliphatic heterocycles. The number of likely N-dealkylation sites (N-methyl/N-ethyl adjacent to an activating group) is 1. The lowest BCUT2D eigenvalue weighted by Gasteiger charge is -2.15. The fourth-order valence-corrected chi connectivity index (χ4v) is 3.71. The largest absolute Gasteiger partial charge is 0.452 e. The lowest BCUT2D eigenvalue weighted by Crippen LogP contribution is -2.28. The van der Waals surface area contributed by atoms with E-state index in [1.54, 1.807) is 0 Å². The van der Waals surface area contributed by atoms with Gasteiger partial charge in [-0.1, -0.05) is 6.07 Å². The maximum Gasteiger partial charge on any atom is 0.338 e. The summed E-state index contributed by atoms with van der Waals surface area (Å²) < 4.78 is 31.1. The first-order valence-corrected chi connectivity index (χ1v) is 8.37. The van der Waals surface area contributed by atoms with Crippen molar-refractivity contribution in [2.75, 3.05) is 26.7 Å². The summed E-state index contributed by atoms with van der Waals surface area (Å²) in [5.41, 5.74) is 0.101. The van der Waals surface area contributed by atoms with Gasteiger partial charge in [0.25, 0.3) is 5.91 Å². The number of carbonyl (C=O) groups is 2. The van der Waals surface area contributed by atoms with Crippen molar-refractivity contribution in [1.82, 2.24) is 9.62 Å². The molecule has 0 radical (unpaired) electrons. The molecule has 2 rings (SSSR count). The van der Waals surface area contributed by atoms with E-state index < -0.39 is 28.5 Å². The fraction of sp³-hybridized carbons (Fsp3) is 0.429. The van der Waals surface area contributed by atoms with Crippen molar-refractivity contribution < 1.29 is 22.7 Å². The molecule has 1 fully saturated rings. The van der Waals surface area contributed by atoms with Gasteiger partial charge in [0, 0.05) is 20.1 Å². The van der Waals surface area contributed by atoms with Gasteiger partial charge in [-0.25, -0.2) is 13.2 Å². The van der Waals surface area contributed by atoms with Crippen LogP contribution in [0.2, 0.25) is 0 Å². The number of hydrogen-bond donors (Lipinski definition) is 1. The molecule has 1 amide bonds. The molecule has 1 N–H and O–H groups in total. The molecule has 0 aliphatic carbocycles. The topological polar surface area (TPSA) is 92.8 Å². The van der Waals surface area contributed by atoms with Gasteiger partial charge in [-0.3, -0.25) is 4.79 Å². The highest BCUT2D eigenvalue weighted by molar-refractivity contribution is 7.89. The van der Waals surface area contributed by atoms with Gasteiger partial charge in [0.05, 0.1) is 10.5 Å². The van der Waals surface area contributed by atoms with Gasteiger partial charge in [-0.2, -0.15) is 4.31 Å². The molecule has 8 heteroatoms. The molecule has 1 aromatic carbocycles. The first-order valence-electron chi connectivity index (χ1n) is 6.93. The van der Waals surface area contributed by atoms with Crippen LogP contribution in [0.4, 0.5) is 0 Å². The monoisotopic (exact) mass is 326 g/mol. The van der Waals surface area contributed by atoms with Crippen LogP contribution in [0.3, 0.4) is 0 Å². The van der Waals surface area contributed by atoms with Gasteiger partial charge in [0.1, 0.15) is 0 Å². The molecule has 0 bridgehead atoms. The Balaban J connectivity index is 2.16. The number of nitrogens with one attached hydrogen (secondary N) is 1. The van der Waals surface area contributed by atoms with Crippen molar-refractivity contribution in [1.29, 1.82) is 0 Å². The quantitative estimate of drug-likeness (QED) is 0.789. The van der Waals surface area contributed by atoms with Crippen LogP contribution in [0.25, 0.3) is 0 Å². The molecule has 0 aromatic heterocycles. The highest BCUT2D eigenvalue weighted by Gasteiger charge is 2.27. The molecule has 0 atom stereocenters. The predicted octanol–water partition coefficient (Wildman–Crippen LogP) is 0.374. The lowest BCUT2D eigenvalue weighted by molar-refractivity contribution is -0.123. The van der Waals surface area contributed by atoms with E-state index in [1.807, 2.05) is 0 Å². The summed E-state index contributed by atoms with van der Waals surface area (Å²) in [6.07, 6.45) is 1.68. The normalized spacial score (nSPS) is 15.5. The molecule has 120 valence electrons. The average molecular weight is 326 g/mol. The lowest BCUT2D eigenvalue weighted by atomic mass is 10.2. The highest BCUT2D eigenvalue weighted by Crippen LogP contribution is 2.21. The van der Waals surface area contributed by atoms with E-state index in [9.17, 15) is 18.0 Å². The number of ether oxygens (including phenoxy) is 1. The molecular weight excluding hydrogens is 308 g/mol. The van der Waals surface area contributed by atoms with Crippen molar-refractivity contribution >= 4 is 21.9 Å². The number of esters is 1. The zero-order valence-electron chi connectivity index (χ0n) is 12.2. The minimum Gasteiger partial charge on any atom is -0.452 e. The minimum atomic E-state index is -3.58. The Hall–Kier alpha value is -1.93. The van der Waals surface area contributed by atoms with Crippen molar-refractivity contribution in [2.24, 2.45) is 0 Å². The zero-order valence-corrected chi connectivity index (χ0v) is 13.1. The van der Waals surface area contributed by atoms with Gasteiger partial charge in [0.15, 0.2) is 6.61 Å². The minimum absolute atomic E-state index is 0.0591. The molecular formula is C14H18N2O5S. The number of sulfonamides is 1. The van der Waals surface area contributed by atoms with Crippen LogP contribution in [0.5, 0.6) is 0 Å². The summed E-state index contributed by atoms with van der Waals surface area (Å²) in [5.74, 6) is -1.17. The summed E-state index contributed by atoms with van der Waals surface area (Å²) in [4.78, 5) is 23.0. The van der Waals surface area contributed by atoms with Crippen molar-refractivity contribution in [3.63, 3.8) is 0 Å². The number of hydrogen-bond acceptors (Lipinski definition) is 5. The van der Waals surface area contributed by atoms with Gasteiger partial charge in [-0.05, 0) is 31.0 Å². The van der Waals surface area contributed by atoms with E-state index in [0.717, 1.165) is 12.8 Å². The van der Waals surface area contributed by atoms with E-state index in [-0.39, 0.29) is 10.5 Å². The molecule has 1 aromatic rings. The van der Waals surface area contributed by atoms with Crippen molar-refractivity contribution in [2.45, 2.75) is 17.7 Å². The number of carbonyl (C=O) groups excluding carboxylic acids is 2. The van der Waals surface area contributed by atoms with Gasteiger partial charge in [0.2, 0.25) is 10.0 Å². The molecule has 1 heterocycles. The number of nitrogens with zero attached hydrogens (tertiary/aromatic N) is 1. The standard InChI is InChI=1S/C14H18N2O5S/c1-15-13(17)10-21-14(18)11-5-4-6-12(9-11)22(19,20)16-7-2-3-8-16/h4-6,9H,2-3,7-8,10H2,1H3,(H,15,17). The Morgan fingerprint density at radius 3 is 2.59 bits per heavy atom. The van der Waals surface area contributed by atoms with Crippen LogP contribution in [0.15, 0.2) is 29.2 Å². The Morgan fingerprint density at radius 2 is 1.95 bits per heavy atom. The van der Waals surface area contributed by atoms with E-state index in [0.29, 0.717) is 13.1 Å². The summed E-state index contributed by atoms with van der Waals surface area (Å²) in [5, 5.41) is 2.33. The van der Waals surface area contributed by atoms with Crippen LogP contribution < -0.4 is 5.32 Å². The molecule has 22 heavy (non-hydrogen) atoms. The van der Waals surface area contributed by atoms with Gasteiger partial charge >= 0.3 is 5.97 Å². The summed E-state index contributed by atoms with van der Waals surface area (Å²) in [7, 11) is -2.15. The Morgan fingerprint density at radius 1 is 1.27 bits per heavy atom. The Bertz CT molecular complexity index is 666. The second-order valence-corrected chi connectivity index (χ2v) is 6.83. The zero-order chi connectivity index (χ0) is 16.2. The Kier molecular flexibility index (Phi) is 5.15. The fourth-order valence-electron chi connectivity index (χ4n) is 2.15. The second-order valence-electron chi connectivity index (χ2n) is 4.89. The molecule has 0 saturated carbocycles. The van der Waals surface area contributed by atoms with Crippen molar-refractivity contribution in [3.8, 4) is 0 Å². The first kappa shape index (κ1) is 16.4. The van der Waals surface area contributed by atoms with E-state index in [1.165, 1.54) is 35.6 Å². The molecule has 1 saturated heterocycles. The van der Waals surface area contributed by atoms with Crippen LogP contribution in [-0.2, 0) is 19.6 Å². The third kappa shape index (κ3) is 3.63. The van der Waals surface area contributed by atoms with Crippen molar-refractivity contribution in [3.05, 3.63) is 29.8 Å².